The lowest BCUT2D eigenvalue weighted by atomic mass is 10.1. The molecule has 0 aliphatic heterocycles. The van der Waals surface area contributed by atoms with Crippen molar-refractivity contribution in [3.63, 3.8) is 0 Å². The zero-order valence-electron chi connectivity index (χ0n) is 11.1. The fourth-order valence-corrected chi connectivity index (χ4v) is 2.26. The maximum absolute atomic E-state index is 9.50. The molecule has 0 amide bonds. The summed E-state index contributed by atoms with van der Waals surface area (Å²) < 4.78 is 5.86. The highest BCUT2D eigenvalue weighted by atomic mass is 16.5. The van der Waals surface area contributed by atoms with Crippen molar-refractivity contribution in [2.75, 3.05) is 0 Å². The third kappa shape index (κ3) is 2.65. The largest absolute Gasteiger partial charge is 0.489 e. The average molecular weight is 264 g/mol. The molecule has 0 aliphatic carbocycles. The Morgan fingerprint density at radius 3 is 2.15 bits per heavy atom. The molecule has 2 nitrogen and oxygen atoms in total. The minimum Gasteiger partial charge on any atom is -0.489 e. The van der Waals surface area contributed by atoms with E-state index in [1.54, 1.807) is 0 Å². The van der Waals surface area contributed by atoms with Crippen LogP contribution in [0.2, 0.25) is 0 Å². The van der Waals surface area contributed by atoms with Crippen LogP contribution in [0, 0.1) is 0 Å². The van der Waals surface area contributed by atoms with E-state index in [4.69, 9.17) is 4.74 Å². The molecular formula is C18H16O2. The van der Waals surface area contributed by atoms with E-state index in [1.165, 1.54) is 0 Å². The predicted octanol–water partition coefficient (Wildman–Crippen LogP) is 3.91. The Morgan fingerprint density at radius 1 is 0.800 bits per heavy atom. The second-order valence-electron chi connectivity index (χ2n) is 4.74. The number of rotatable bonds is 4. The summed E-state index contributed by atoms with van der Waals surface area (Å²) in [5.41, 5.74) is 1.93. The SMILES string of the molecule is OCc1cc2ccccc2cc1OCc1ccccc1. The average Bonchev–Trinajstić information content (AvgIpc) is 2.53. The van der Waals surface area contributed by atoms with Crippen molar-refractivity contribution in [2.24, 2.45) is 0 Å². The molecule has 0 radical (unpaired) electrons. The fourth-order valence-electron chi connectivity index (χ4n) is 2.26. The van der Waals surface area contributed by atoms with Gasteiger partial charge in [-0.15, -0.1) is 0 Å². The smallest absolute Gasteiger partial charge is 0.125 e. The second-order valence-corrected chi connectivity index (χ2v) is 4.74. The zero-order chi connectivity index (χ0) is 13.8. The fraction of sp³-hybridized carbons (Fsp3) is 0.111. The van der Waals surface area contributed by atoms with E-state index in [2.05, 4.69) is 0 Å². The number of benzene rings is 3. The van der Waals surface area contributed by atoms with Gasteiger partial charge in [-0.1, -0.05) is 54.6 Å². The van der Waals surface area contributed by atoms with Crippen molar-refractivity contribution in [3.8, 4) is 5.75 Å². The first-order chi connectivity index (χ1) is 9.86. The predicted molar refractivity (Wildman–Crippen MR) is 80.6 cm³/mol. The molecule has 0 bridgehead atoms. The monoisotopic (exact) mass is 264 g/mol. The first kappa shape index (κ1) is 12.7. The lowest BCUT2D eigenvalue weighted by Gasteiger charge is -2.12. The van der Waals surface area contributed by atoms with Crippen LogP contribution in [-0.4, -0.2) is 5.11 Å². The molecule has 3 aromatic rings. The Morgan fingerprint density at radius 2 is 1.45 bits per heavy atom. The molecule has 0 unspecified atom stereocenters. The summed E-state index contributed by atoms with van der Waals surface area (Å²) in [7, 11) is 0. The van der Waals surface area contributed by atoms with Gasteiger partial charge in [0, 0.05) is 5.56 Å². The molecule has 2 heteroatoms. The molecule has 1 N–H and O–H groups in total. The van der Waals surface area contributed by atoms with Crippen LogP contribution in [0.1, 0.15) is 11.1 Å². The number of aliphatic hydroxyl groups excluding tert-OH is 1. The van der Waals surface area contributed by atoms with Gasteiger partial charge in [-0.3, -0.25) is 0 Å². The summed E-state index contributed by atoms with van der Waals surface area (Å²) in [5, 5.41) is 11.7. The van der Waals surface area contributed by atoms with E-state index < -0.39 is 0 Å². The summed E-state index contributed by atoms with van der Waals surface area (Å²) in [6.45, 7) is 0.487. The molecule has 100 valence electrons. The van der Waals surface area contributed by atoms with E-state index in [1.807, 2.05) is 66.7 Å². The van der Waals surface area contributed by atoms with Crippen molar-refractivity contribution in [3.05, 3.63) is 77.9 Å². The normalized spacial score (nSPS) is 10.7. The summed E-state index contributed by atoms with van der Waals surface area (Å²) in [6.07, 6.45) is 0. The van der Waals surface area contributed by atoms with Crippen molar-refractivity contribution in [1.82, 2.24) is 0 Å². The van der Waals surface area contributed by atoms with Crippen molar-refractivity contribution in [1.29, 1.82) is 0 Å². The van der Waals surface area contributed by atoms with Gasteiger partial charge in [-0.05, 0) is 28.5 Å². The molecule has 0 aromatic heterocycles. The number of fused-ring (bicyclic) bond motifs is 1. The summed E-state index contributed by atoms with van der Waals surface area (Å²) >= 11 is 0. The Kier molecular flexibility index (Phi) is 3.66. The molecule has 0 fully saturated rings. The number of aliphatic hydroxyl groups is 1. The van der Waals surface area contributed by atoms with Gasteiger partial charge >= 0.3 is 0 Å². The van der Waals surface area contributed by atoms with Gasteiger partial charge in [0.15, 0.2) is 0 Å². The van der Waals surface area contributed by atoms with E-state index in [9.17, 15) is 5.11 Å². The van der Waals surface area contributed by atoms with Crippen LogP contribution in [0.4, 0.5) is 0 Å². The van der Waals surface area contributed by atoms with Crippen molar-refractivity contribution in [2.45, 2.75) is 13.2 Å². The van der Waals surface area contributed by atoms with E-state index in [0.717, 1.165) is 27.6 Å². The van der Waals surface area contributed by atoms with Gasteiger partial charge in [-0.25, -0.2) is 0 Å². The van der Waals surface area contributed by atoms with Crippen LogP contribution in [0.15, 0.2) is 66.7 Å². The lowest BCUT2D eigenvalue weighted by Crippen LogP contribution is -1.98. The molecular weight excluding hydrogens is 248 g/mol. The first-order valence-electron chi connectivity index (χ1n) is 6.66. The molecule has 20 heavy (non-hydrogen) atoms. The minimum atomic E-state index is -0.0189. The van der Waals surface area contributed by atoms with Crippen LogP contribution in [0.25, 0.3) is 10.8 Å². The van der Waals surface area contributed by atoms with Crippen LogP contribution < -0.4 is 4.74 Å². The molecule has 3 rings (SSSR count). The van der Waals surface area contributed by atoms with Gasteiger partial charge in [0.2, 0.25) is 0 Å². The van der Waals surface area contributed by atoms with Crippen LogP contribution >= 0.6 is 0 Å². The Labute approximate surface area is 118 Å². The van der Waals surface area contributed by atoms with Gasteiger partial charge < -0.3 is 9.84 Å². The highest BCUT2D eigenvalue weighted by Crippen LogP contribution is 2.26. The minimum absolute atomic E-state index is 0.0189. The molecule has 3 aromatic carbocycles. The van der Waals surface area contributed by atoms with Crippen LogP contribution in [0.5, 0.6) is 5.75 Å². The first-order valence-corrected chi connectivity index (χ1v) is 6.66. The molecule has 0 aliphatic rings. The molecule has 0 saturated heterocycles. The molecule has 0 spiro atoms. The van der Waals surface area contributed by atoms with Gasteiger partial charge in [0.25, 0.3) is 0 Å². The summed E-state index contributed by atoms with van der Waals surface area (Å²) in [5.74, 6) is 0.745. The zero-order valence-corrected chi connectivity index (χ0v) is 11.1. The Bertz CT molecular complexity index is 705. The quantitative estimate of drug-likeness (QED) is 0.774. The van der Waals surface area contributed by atoms with Crippen LogP contribution in [-0.2, 0) is 13.2 Å². The van der Waals surface area contributed by atoms with E-state index in [0.29, 0.717) is 6.61 Å². The third-order valence-corrected chi connectivity index (χ3v) is 3.34. The highest BCUT2D eigenvalue weighted by molar-refractivity contribution is 5.84. The third-order valence-electron chi connectivity index (χ3n) is 3.34. The Balaban J connectivity index is 1.90. The number of hydrogen-bond donors (Lipinski definition) is 1. The highest BCUT2D eigenvalue weighted by Gasteiger charge is 2.06. The summed E-state index contributed by atoms with van der Waals surface area (Å²) in [4.78, 5) is 0. The molecule has 0 saturated carbocycles. The van der Waals surface area contributed by atoms with Gasteiger partial charge in [0.05, 0.1) is 6.61 Å². The topological polar surface area (TPSA) is 29.5 Å². The second kappa shape index (κ2) is 5.76. The van der Waals surface area contributed by atoms with E-state index in [-0.39, 0.29) is 6.61 Å². The van der Waals surface area contributed by atoms with Crippen molar-refractivity contribution >= 4 is 10.8 Å². The van der Waals surface area contributed by atoms with Gasteiger partial charge in [0.1, 0.15) is 12.4 Å². The Hall–Kier alpha value is -2.32. The standard InChI is InChI=1S/C18H16O2/c19-12-17-10-15-8-4-5-9-16(15)11-18(17)20-13-14-6-2-1-3-7-14/h1-11,19H,12-13H2. The van der Waals surface area contributed by atoms with E-state index >= 15 is 0 Å². The maximum Gasteiger partial charge on any atom is 0.125 e. The number of hydrogen-bond acceptors (Lipinski definition) is 2. The lowest BCUT2D eigenvalue weighted by molar-refractivity contribution is 0.259. The molecule has 0 heterocycles. The molecule has 0 atom stereocenters. The number of ether oxygens (including phenoxy) is 1. The summed E-state index contributed by atoms with van der Waals surface area (Å²) in [6, 6.07) is 22.1. The van der Waals surface area contributed by atoms with Crippen LogP contribution in [0.3, 0.4) is 0 Å². The van der Waals surface area contributed by atoms with Crippen molar-refractivity contribution < 1.29 is 9.84 Å². The maximum atomic E-state index is 9.50. The van der Waals surface area contributed by atoms with Gasteiger partial charge in [-0.2, -0.15) is 0 Å².